The van der Waals surface area contributed by atoms with E-state index in [2.05, 4.69) is 4.72 Å². The highest BCUT2D eigenvalue weighted by Crippen LogP contribution is 2.35. The summed E-state index contributed by atoms with van der Waals surface area (Å²) in [6.45, 7) is 7.47. The summed E-state index contributed by atoms with van der Waals surface area (Å²) in [7, 11) is -2.29. The molecule has 2 heterocycles. The molecule has 0 unspecified atom stereocenters. The van der Waals surface area contributed by atoms with E-state index < -0.39 is 21.6 Å². The fourth-order valence-corrected chi connectivity index (χ4v) is 4.20. The molecule has 1 aliphatic rings. The van der Waals surface area contributed by atoms with Crippen molar-refractivity contribution in [2.45, 2.75) is 26.4 Å². The normalized spacial score (nSPS) is 15.4. The largest absolute Gasteiger partial charge is 0.465 e. The average Bonchev–Trinajstić information content (AvgIpc) is 2.94. The predicted octanol–water partition coefficient (Wildman–Crippen LogP) is 1.96. The number of hydrogen-bond donors (Lipinski definition) is 1. The lowest BCUT2D eigenvalue weighted by Crippen LogP contribution is -2.49. The monoisotopic (exact) mass is 419 g/mol. The summed E-state index contributed by atoms with van der Waals surface area (Å²) in [5, 5.41) is 0.727. The van der Waals surface area contributed by atoms with Gasteiger partial charge in [-0.2, -0.15) is 0 Å². The van der Waals surface area contributed by atoms with Crippen LogP contribution in [0.1, 0.15) is 30.4 Å². The quantitative estimate of drug-likeness (QED) is 0.744. The van der Waals surface area contributed by atoms with E-state index in [9.17, 15) is 18.0 Å². The summed E-state index contributed by atoms with van der Waals surface area (Å²) in [6, 6.07) is 1.61. The van der Waals surface area contributed by atoms with Gasteiger partial charge in [-0.05, 0) is 26.8 Å². The number of thiophene rings is 1. The van der Waals surface area contributed by atoms with Crippen LogP contribution >= 0.6 is 11.3 Å². The second-order valence-electron chi connectivity index (χ2n) is 7.15. The van der Waals surface area contributed by atoms with E-state index in [-0.39, 0.29) is 16.7 Å². The van der Waals surface area contributed by atoms with Gasteiger partial charge < -0.3 is 19.3 Å². The zero-order valence-corrected chi connectivity index (χ0v) is 17.7. The summed E-state index contributed by atoms with van der Waals surface area (Å²) >= 11 is 1.15. The number of amides is 1. The summed E-state index contributed by atoms with van der Waals surface area (Å²) in [5.74, 6) is -0.607. The van der Waals surface area contributed by atoms with Gasteiger partial charge in [0.25, 0.3) is 0 Å². The Labute approximate surface area is 163 Å². The Kier molecular flexibility index (Phi) is 6.25. The number of anilines is 2. The van der Waals surface area contributed by atoms with Gasteiger partial charge in [-0.15, -0.1) is 11.3 Å². The maximum Gasteiger partial charge on any atom is 0.410 e. The van der Waals surface area contributed by atoms with Gasteiger partial charge in [0, 0.05) is 26.2 Å². The van der Waals surface area contributed by atoms with Gasteiger partial charge in [0.2, 0.25) is 10.0 Å². The molecular formula is C16H25N3O6S2. The van der Waals surface area contributed by atoms with Crippen LogP contribution in [0.5, 0.6) is 0 Å². The van der Waals surface area contributed by atoms with Gasteiger partial charge in [0.15, 0.2) is 0 Å². The zero-order valence-electron chi connectivity index (χ0n) is 16.1. The minimum absolute atomic E-state index is 0.187. The number of hydrogen-bond acceptors (Lipinski definition) is 8. The SMILES string of the molecule is COC(=O)c1sc(N2CCN(C(=O)OC(C)(C)C)CC2)cc1NS(C)(=O)=O. The third kappa shape index (κ3) is 5.99. The Morgan fingerprint density at radius 2 is 1.78 bits per heavy atom. The van der Waals surface area contributed by atoms with Crippen LogP contribution in [0.3, 0.4) is 0 Å². The van der Waals surface area contributed by atoms with Crippen LogP contribution in [0, 0.1) is 0 Å². The summed E-state index contributed by atoms with van der Waals surface area (Å²) in [6.07, 6.45) is 0.661. The molecule has 1 aromatic heterocycles. The molecule has 0 radical (unpaired) electrons. The molecule has 1 fully saturated rings. The van der Waals surface area contributed by atoms with Crippen molar-refractivity contribution in [2.24, 2.45) is 0 Å². The second kappa shape index (κ2) is 7.93. The van der Waals surface area contributed by atoms with Crippen LogP contribution in [0.25, 0.3) is 0 Å². The maximum absolute atomic E-state index is 12.1. The first-order valence-corrected chi connectivity index (χ1v) is 11.0. The Bertz CT molecular complexity index is 805. The highest BCUT2D eigenvalue weighted by atomic mass is 32.2. The molecule has 0 aromatic carbocycles. The van der Waals surface area contributed by atoms with Crippen LogP contribution < -0.4 is 9.62 Å². The van der Waals surface area contributed by atoms with Gasteiger partial charge >= 0.3 is 12.1 Å². The van der Waals surface area contributed by atoms with Crippen molar-refractivity contribution in [1.82, 2.24) is 4.90 Å². The fourth-order valence-electron chi connectivity index (χ4n) is 2.49. The lowest BCUT2D eigenvalue weighted by molar-refractivity contribution is 0.0240. The van der Waals surface area contributed by atoms with Crippen LogP contribution in [0.4, 0.5) is 15.5 Å². The number of carbonyl (C=O) groups is 2. The smallest absolute Gasteiger partial charge is 0.410 e. The summed E-state index contributed by atoms with van der Waals surface area (Å²) in [5.41, 5.74) is -0.359. The molecule has 2 rings (SSSR count). The van der Waals surface area contributed by atoms with Crippen molar-refractivity contribution >= 4 is 44.1 Å². The van der Waals surface area contributed by atoms with Crippen molar-refractivity contribution in [3.05, 3.63) is 10.9 Å². The minimum Gasteiger partial charge on any atom is -0.465 e. The van der Waals surface area contributed by atoms with Crippen molar-refractivity contribution in [1.29, 1.82) is 0 Å². The van der Waals surface area contributed by atoms with Crippen LogP contribution in [-0.4, -0.2) is 70.5 Å². The van der Waals surface area contributed by atoms with Crippen LogP contribution in [0.15, 0.2) is 6.07 Å². The molecule has 0 spiro atoms. The Morgan fingerprint density at radius 1 is 1.19 bits per heavy atom. The average molecular weight is 420 g/mol. The Morgan fingerprint density at radius 3 is 2.26 bits per heavy atom. The molecule has 0 atom stereocenters. The van der Waals surface area contributed by atoms with E-state index in [1.165, 1.54) is 7.11 Å². The van der Waals surface area contributed by atoms with Gasteiger partial charge in [0.1, 0.15) is 10.5 Å². The number of methoxy groups -OCH3 is 1. The molecule has 1 N–H and O–H groups in total. The van der Waals surface area contributed by atoms with E-state index in [0.29, 0.717) is 26.2 Å². The summed E-state index contributed by atoms with van der Waals surface area (Å²) < 4.78 is 35.6. The first kappa shape index (κ1) is 21.3. The highest BCUT2D eigenvalue weighted by Gasteiger charge is 2.28. The number of esters is 1. The molecule has 27 heavy (non-hydrogen) atoms. The van der Waals surface area contributed by atoms with Crippen molar-refractivity contribution in [2.75, 3.05) is 49.2 Å². The van der Waals surface area contributed by atoms with E-state index in [1.54, 1.807) is 11.0 Å². The van der Waals surface area contributed by atoms with Crippen molar-refractivity contribution < 1.29 is 27.5 Å². The molecule has 1 saturated heterocycles. The topological polar surface area (TPSA) is 105 Å². The fraction of sp³-hybridized carbons (Fsp3) is 0.625. The molecular weight excluding hydrogens is 394 g/mol. The van der Waals surface area contributed by atoms with Gasteiger partial charge in [-0.1, -0.05) is 0 Å². The van der Waals surface area contributed by atoms with E-state index >= 15 is 0 Å². The molecule has 0 saturated carbocycles. The van der Waals surface area contributed by atoms with E-state index in [4.69, 9.17) is 9.47 Å². The number of nitrogens with one attached hydrogen (secondary N) is 1. The molecule has 9 nitrogen and oxygen atoms in total. The molecule has 1 aliphatic heterocycles. The minimum atomic E-state index is -3.54. The molecule has 0 bridgehead atoms. The Balaban J connectivity index is 2.11. The van der Waals surface area contributed by atoms with Gasteiger partial charge in [0.05, 0.1) is 24.1 Å². The Hall–Kier alpha value is -2.01. The number of ether oxygens (including phenoxy) is 2. The molecule has 0 aliphatic carbocycles. The number of piperazine rings is 1. The zero-order chi connectivity index (χ0) is 20.4. The van der Waals surface area contributed by atoms with Crippen molar-refractivity contribution in [3.8, 4) is 0 Å². The van der Waals surface area contributed by atoms with E-state index in [1.807, 2.05) is 25.7 Å². The summed E-state index contributed by atoms with van der Waals surface area (Å²) in [4.78, 5) is 27.9. The van der Waals surface area contributed by atoms with Crippen LogP contribution in [0.2, 0.25) is 0 Å². The predicted molar refractivity (Wildman–Crippen MR) is 104 cm³/mol. The van der Waals surface area contributed by atoms with Gasteiger partial charge in [-0.25, -0.2) is 18.0 Å². The number of sulfonamides is 1. The van der Waals surface area contributed by atoms with Crippen LogP contribution in [-0.2, 0) is 19.5 Å². The highest BCUT2D eigenvalue weighted by molar-refractivity contribution is 7.92. The number of nitrogens with zero attached hydrogens (tertiary/aromatic N) is 2. The first-order chi connectivity index (χ1) is 12.4. The molecule has 1 amide bonds. The molecule has 11 heteroatoms. The lowest BCUT2D eigenvalue weighted by atomic mass is 10.2. The molecule has 152 valence electrons. The van der Waals surface area contributed by atoms with Crippen molar-refractivity contribution in [3.63, 3.8) is 0 Å². The van der Waals surface area contributed by atoms with E-state index in [0.717, 1.165) is 22.6 Å². The number of carbonyl (C=O) groups excluding carboxylic acids is 2. The second-order valence-corrected chi connectivity index (χ2v) is 9.93. The van der Waals surface area contributed by atoms with Gasteiger partial charge in [-0.3, -0.25) is 4.72 Å². The molecule has 1 aromatic rings. The lowest BCUT2D eigenvalue weighted by Gasteiger charge is -2.36. The number of rotatable bonds is 4. The third-order valence-electron chi connectivity index (χ3n) is 3.63. The third-order valence-corrected chi connectivity index (χ3v) is 5.39. The first-order valence-electron chi connectivity index (χ1n) is 8.32. The maximum atomic E-state index is 12.1. The standard InChI is InChI=1S/C16H25N3O6S2/c1-16(2,3)25-15(21)19-8-6-18(7-9-19)12-10-11(17-27(5,22)23)13(26-12)14(20)24-4/h10,17H,6-9H2,1-5H3.